The molecule has 2 heterocycles. The number of sulfonamides is 1. The SMILES string of the molecule is CCS(=O)(=O)NC(C(=O)N1CCCC1C(=O)NCc1ccc2c(N)nccc2c1)c1ccccc1. The number of nitrogens with zero attached hydrogens (tertiary/aromatic N) is 2. The van der Waals surface area contributed by atoms with Gasteiger partial charge in [0.2, 0.25) is 21.8 Å². The molecule has 1 aliphatic rings. The van der Waals surface area contributed by atoms with Crippen molar-refractivity contribution in [3.8, 4) is 0 Å². The van der Waals surface area contributed by atoms with Gasteiger partial charge in [-0.1, -0.05) is 42.5 Å². The number of amides is 2. The van der Waals surface area contributed by atoms with Crippen molar-refractivity contribution in [3.63, 3.8) is 0 Å². The van der Waals surface area contributed by atoms with Crippen LogP contribution in [0.1, 0.15) is 36.9 Å². The van der Waals surface area contributed by atoms with Crippen LogP contribution in [0.15, 0.2) is 60.8 Å². The van der Waals surface area contributed by atoms with Crippen molar-refractivity contribution in [2.45, 2.75) is 38.4 Å². The van der Waals surface area contributed by atoms with E-state index >= 15 is 0 Å². The summed E-state index contributed by atoms with van der Waals surface area (Å²) in [7, 11) is -3.66. The third-order valence-electron chi connectivity index (χ3n) is 6.22. The van der Waals surface area contributed by atoms with E-state index in [9.17, 15) is 18.0 Å². The summed E-state index contributed by atoms with van der Waals surface area (Å²) in [6.45, 7) is 2.19. The van der Waals surface area contributed by atoms with Crippen molar-refractivity contribution in [2.24, 2.45) is 0 Å². The van der Waals surface area contributed by atoms with E-state index in [0.29, 0.717) is 37.3 Å². The fourth-order valence-corrected chi connectivity index (χ4v) is 5.07. The third kappa shape index (κ3) is 5.60. The lowest BCUT2D eigenvalue weighted by Crippen LogP contribution is -2.50. The van der Waals surface area contributed by atoms with Gasteiger partial charge in [-0.15, -0.1) is 0 Å². The number of benzene rings is 2. The molecule has 0 radical (unpaired) electrons. The molecule has 2 unspecified atom stereocenters. The van der Waals surface area contributed by atoms with Gasteiger partial charge in [0.15, 0.2) is 0 Å². The van der Waals surface area contributed by atoms with Crippen molar-refractivity contribution in [3.05, 3.63) is 71.9 Å². The lowest BCUT2D eigenvalue weighted by molar-refractivity contribution is -0.139. The summed E-state index contributed by atoms with van der Waals surface area (Å²) in [4.78, 5) is 32.2. The molecule has 0 saturated carbocycles. The van der Waals surface area contributed by atoms with Crippen molar-refractivity contribution in [2.75, 3.05) is 18.0 Å². The van der Waals surface area contributed by atoms with Gasteiger partial charge in [0.05, 0.1) is 5.75 Å². The number of nitrogens with one attached hydrogen (secondary N) is 2. The molecule has 2 atom stereocenters. The molecule has 4 N–H and O–H groups in total. The van der Waals surface area contributed by atoms with E-state index in [1.807, 2.05) is 24.3 Å². The van der Waals surface area contributed by atoms with Crippen LogP contribution in [0.2, 0.25) is 0 Å². The Labute approximate surface area is 204 Å². The van der Waals surface area contributed by atoms with Gasteiger partial charge in [-0.25, -0.2) is 13.4 Å². The molecule has 0 bridgehead atoms. The first-order valence-corrected chi connectivity index (χ1v) is 13.2. The largest absolute Gasteiger partial charge is 0.383 e. The maximum absolute atomic E-state index is 13.5. The third-order valence-corrected chi connectivity index (χ3v) is 7.58. The van der Waals surface area contributed by atoms with Gasteiger partial charge < -0.3 is 16.0 Å². The highest BCUT2D eigenvalue weighted by atomic mass is 32.2. The Balaban J connectivity index is 1.49. The number of anilines is 1. The zero-order chi connectivity index (χ0) is 25.0. The summed E-state index contributed by atoms with van der Waals surface area (Å²) in [6.07, 6.45) is 2.81. The first kappa shape index (κ1) is 24.6. The fourth-order valence-electron chi connectivity index (χ4n) is 4.31. The normalized spacial score (nSPS) is 16.8. The number of nitrogens with two attached hydrogens (primary N) is 1. The monoisotopic (exact) mass is 495 g/mol. The van der Waals surface area contributed by atoms with Gasteiger partial charge in [0, 0.05) is 24.7 Å². The van der Waals surface area contributed by atoms with Crippen molar-refractivity contribution >= 4 is 38.4 Å². The molecule has 2 aromatic carbocycles. The number of fused-ring (bicyclic) bond motifs is 1. The maximum atomic E-state index is 13.5. The highest BCUT2D eigenvalue weighted by Crippen LogP contribution is 2.25. The van der Waals surface area contributed by atoms with Gasteiger partial charge in [-0.05, 0) is 48.4 Å². The van der Waals surface area contributed by atoms with E-state index in [1.54, 1.807) is 36.5 Å². The molecule has 1 aromatic heterocycles. The number of likely N-dealkylation sites (tertiary alicyclic amines) is 1. The van der Waals surface area contributed by atoms with Crippen molar-refractivity contribution < 1.29 is 18.0 Å². The molecular formula is C25H29N5O4S. The molecule has 0 spiro atoms. The van der Waals surface area contributed by atoms with E-state index in [0.717, 1.165) is 16.3 Å². The van der Waals surface area contributed by atoms with E-state index in [4.69, 9.17) is 5.73 Å². The topological polar surface area (TPSA) is 134 Å². The number of hydrogen-bond acceptors (Lipinski definition) is 6. The maximum Gasteiger partial charge on any atom is 0.245 e. The van der Waals surface area contributed by atoms with Crippen LogP contribution in [0.3, 0.4) is 0 Å². The summed E-state index contributed by atoms with van der Waals surface area (Å²) in [5.74, 6) is -0.402. The van der Waals surface area contributed by atoms with E-state index < -0.39 is 28.0 Å². The second kappa shape index (κ2) is 10.4. The second-order valence-electron chi connectivity index (χ2n) is 8.52. The van der Waals surface area contributed by atoms with Crippen LogP contribution in [0.25, 0.3) is 10.8 Å². The number of hydrogen-bond donors (Lipinski definition) is 3. The molecule has 1 saturated heterocycles. The quantitative estimate of drug-likeness (QED) is 0.438. The Kier molecular flexibility index (Phi) is 7.32. The molecule has 10 heteroatoms. The van der Waals surface area contributed by atoms with E-state index in [1.165, 1.54) is 11.8 Å². The fraction of sp³-hybridized carbons (Fsp3) is 0.320. The minimum atomic E-state index is -3.66. The number of pyridine rings is 1. The van der Waals surface area contributed by atoms with Gasteiger partial charge in [0.1, 0.15) is 17.9 Å². The molecule has 1 aliphatic heterocycles. The Hall–Kier alpha value is -3.50. The standard InChI is InChI=1S/C25H29N5O4S/c1-2-35(33,34)29-22(18-7-4-3-5-8-18)25(32)30-14-6-9-21(30)24(31)28-16-17-10-11-20-19(15-17)12-13-27-23(20)26/h3-5,7-8,10-13,15,21-22,29H,2,6,9,14,16H2,1H3,(H2,26,27)(H,28,31). The summed E-state index contributed by atoms with van der Waals surface area (Å²) in [6, 6.07) is 14.5. The Morgan fingerprint density at radius 2 is 1.94 bits per heavy atom. The van der Waals surface area contributed by atoms with Crippen LogP contribution in [-0.4, -0.2) is 48.5 Å². The molecule has 184 valence electrons. The molecule has 0 aliphatic carbocycles. The average molecular weight is 496 g/mol. The number of aromatic nitrogens is 1. The molecule has 35 heavy (non-hydrogen) atoms. The van der Waals surface area contributed by atoms with Crippen LogP contribution in [0, 0.1) is 0 Å². The Morgan fingerprint density at radius 1 is 1.17 bits per heavy atom. The average Bonchev–Trinajstić information content (AvgIpc) is 3.36. The minimum Gasteiger partial charge on any atom is -0.383 e. The van der Waals surface area contributed by atoms with Crippen LogP contribution >= 0.6 is 0 Å². The Bertz CT molecular complexity index is 1330. The highest BCUT2D eigenvalue weighted by molar-refractivity contribution is 7.89. The number of carbonyl (C=O) groups is 2. The lowest BCUT2D eigenvalue weighted by Gasteiger charge is -2.29. The van der Waals surface area contributed by atoms with Crippen molar-refractivity contribution in [1.82, 2.24) is 19.9 Å². The minimum absolute atomic E-state index is 0.152. The summed E-state index contributed by atoms with van der Waals surface area (Å²) >= 11 is 0. The molecule has 4 rings (SSSR count). The summed E-state index contributed by atoms with van der Waals surface area (Å²) in [5.41, 5.74) is 7.33. The van der Waals surface area contributed by atoms with Gasteiger partial charge in [-0.2, -0.15) is 4.72 Å². The molecule has 1 fully saturated rings. The Morgan fingerprint density at radius 3 is 2.69 bits per heavy atom. The first-order valence-electron chi connectivity index (χ1n) is 11.6. The van der Waals surface area contributed by atoms with Crippen molar-refractivity contribution in [1.29, 1.82) is 0 Å². The highest BCUT2D eigenvalue weighted by Gasteiger charge is 2.38. The zero-order valence-electron chi connectivity index (χ0n) is 19.5. The van der Waals surface area contributed by atoms with Crippen LogP contribution < -0.4 is 15.8 Å². The summed E-state index contributed by atoms with van der Waals surface area (Å²) in [5, 5.41) is 4.70. The second-order valence-corrected chi connectivity index (χ2v) is 10.6. The number of rotatable bonds is 8. The van der Waals surface area contributed by atoms with E-state index in [2.05, 4.69) is 15.0 Å². The van der Waals surface area contributed by atoms with Gasteiger partial charge in [-0.3, -0.25) is 9.59 Å². The number of carbonyl (C=O) groups excluding carboxylic acids is 2. The van der Waals surface area contributed by atoms with Gasteiger partial charge >= 0.3 is 0 Å². The lowest BCUT2D eigenvalue weighted by atomic mass is 10.1. The predicted molar refractivity (Wildman–Crippen MR) is 135 cm³/mol. The zero-order valence-corrected chi connectivity index (χ0v) is 20.3. The molecular weight excluding hydrogens is 466 g/mol. The van der Waals surface area contributed by atoms with Gasteiger partial charge in [0.25, 0.3) is 0 Å². The molecule has 9 nitrogen and oxygen atoms in total. The molecule has 2 amide bonds. The first-order chi connectivity index (χ1) is 16.8. The smallest absolute Gasteiger partial charge is 0.245 e. The summed E-state index contributed by atoms with van der Waals surface area (Å²) < 4.78 is 27.1. The van der Waals surface area contributed by atoms with Crippen LogP contribution in [0.4, 0.5) is 5.82 Å². The predicted octanol–water partition coefficient (Wildman–Crippen LogP) is 2.10. The van der Waals surface area contributed by atoms with E-state index in [-0.39, 0.29) is 11.7 Å². The van der Waals surface area contributed by atoms with Crippen LogP contribution in [-0.2, 0) is 26.2 Å². The molecule has 3 aromatic rings. The number of nitrogen functional groups attached to an aromatic ring is 1. The van der Waals surface area contributed by atoms with Crippen LogP contribution in [0.5, 0.6) is 0 Å².